The summed E-state index contributed by atoms with van der Waals surface area (Å²) in [7, 11) is 4.65. The van der Waals surface area contributed by atoms with Crippen LogP contribution in [0, 0.1) is 0 Å². The van der Waals surface area contributed by atoms with Gasteiger partial charge in [-0.05, 0) is 48.9 Å². The summed E-state index contributed by atoms with van der Waals surface area (Å²) < 4.78 is 17.0. The van der Waals surface area contributed by atoms with Crippen molar-refractivity contribution in [1.82, 2.24) is 0 Å². The summed E-state index contributed by atoms with van der Waals surface area (Å²) in [5, 5.41) is 5.79. The number of carbonyl (C=O) groups excluding carboxylic acids is 1. The van der Waals surface area contributed by atoms with Crippen molar-refractivity contribution in [2.24, 2.45) is 5.10 Å². The smallest absolute Gasteiger partial charge is 0.280 e. The molecule has 0 aliphatic carbocycles. The number of benzene rings is 2. The molecular formula is C20H19BrN2O4. The molecule has 0 fully saturated rings. The number of carbonyl (C=O) groups is 1. The Labute approximate surface area is 166 Å². The lowest BCUT2D eigenvalue weighted by Gasteiger charge is -2.13. The zero-order chi connectivity index (χ0) is 19.6. The maximum atomic E-state index is 12.9. The first-order valence-electron chi connectivity index (χ1n) is 8.15. The third-order valence-corrected chi connectivity index (χ3v) is 4.61. The maximum absolute atomic E-state index is 12.9. The second-order valence-corrected chi connectivity index (χ2v) is 6.71. The quantitative estimate of drug-likeness (QED) is 0.664. The minimum absolute atomic E-state index is 0.195. The fraction of sp³-hybridized carbons (Fsp3) is 0.200. The maximum Gasteiger partial charge on any atom is 0.280 e. The molecule has 0 bridgehead atoms. The van der Waals surface area contributed by atoms with Gasteiger partial charge in [0.1, 0.15) is 0 Å². The Balaban J connectivity index is 2.01. The van der Waals surface area contributed by atoms with Crippen molar-refractivity contribution < 1.29 is 19.0 Å². The molecular weight excluding hydrogens is 412 g/mol. The van der Waals surface area contributed by atoms with Gasteiger partial charge >= 0.3 is 0 Å². The van der Waals surface area contributed by atoms with Gasteiger partial charge in [0.25, 0.3) is 5.91 Å². The van der Waals surface area contributed by atoms with Gasteiger partial charge in [0, 0.05) is 4.47 Å². The molecule has 0 saturated carbocycles. The van der Waals surface area contributed by atoms with E-state index in [-0.39, 0.29) is 5.91 Å². The first kappa shape index (κ1) is 19.0. The minimum Gasteiger partial charge on any atom is -0.493 e. The summed E-state index contributed by atoms with van der Waals surface area (Å²) >= 11 is 3.42. The van der Waals surface area contributed by atoms with E-state index >= 15 is 0 Å². The van der Waals surface area contributed by atoms with E-state index in [1.807, 2.05) is 24.3 Å². The summed E-state index contributed by atoms with van der Waals surface area (Å²) in [4.78, 5) is 12.9. The van der Waals surface area contributed by atoms with Crippen molar-refractivity contribution in [3.05, 3.63) is 52.0 Å². The molecule has 27 heavy (non-hydrogen) atoms. The van der Waals surface area contributed by atoms with Crippen LogP contribution in [0.4, 0.5) is 5.69 Å². The first-order valence-corrected chi connectivity index (χ1v) is 8.95. The van der Waals surface area contributed by atoms with Gasteiger partial charge < -0.3 is 14.2 Å². The van der Waals surface area contributed by atoms with E-state index in [2.05, 4.69) is 21.0 Å². The van der Waals surface area contributed by atoms with Gasteiger partial charge in [-0.2, -0.15) is 10.1 Å². The highest BCUT2D eigenvalue weighted by atomic mass is 79.9. The lowest BCUT2D eigenvalue weighted by molar-refractivity contribution is -0.114. The van der Waals surface area contributed by atoms with Gasteiger partial charge in [0.05, 0.1) is 38.3 Å². The monoisotopic (exact) mass is 430 g/mol. The van der Waals surface area contributed by atoms with E-state index in [0.717, 1.165) is 10.0 Å². The zero-order valence-corrected chi connectivity index (χ0v) is 17.0. The van der Waals surface area contributed by atoms with Crippen molar-refractivity contribution in [2.75, 3.05) is 26.3 Å². The molecule has 0 unspecified atom stereocenters. The fourth-order valence-corrected chi connectivity index (χ4v) is 3.21. The van der Waals surface area contributed by atoms with Crippen LogP contribution in [0.25, 0.3) is 6.08 Å². The van der Waals surface area contributed by atoms with Gasteiger partial charge in [0.2, 0.25) is 5.75 Å². The molecule has 7 heteroatoms. The molecule has 0 N–H and O–H groups in total. The van der Waals surface area contributed by atoms with Gasteiger partial charge in [-0.15, -0.1) is 0 Å². The molecule has 1 heterocycles. The average Bonchev–Trinajstić information content (AvgIpc) is 2.95. The van der Waals surface area contributed by atoms with Crippen molar-refractivity contribution in [1.29, 1.82) is 0 Å². The first-order chi connectivity index (χ1) is 13.0. The van der Waals surface area contributed by atoms with Crippen LogP contribution in [0.1, 0.15) is 12.5 Å². The van der Waals surface area contributed by atoms with E-state index in [0.29, 0.717) is 34.2 Å². The number of hydrogen-bond acceptors (Lipinski definition) is 5. The highest BCUT2D eigenvalue weighted by Gasteiger charge is 2.29. The summed E-state index contributed by atoms with van der Waals surface area (Å²) in [6.45, 7) is 1.81. The van der Waals surface area contributed by atoms with Crippen LogP contribution in [0.5, 0.6) is 17.2 Å². The molecule has 0 atom stereocenters. The number of amides is 1. The van der Waals surface area contributed by atoms with Crippen LogP contribution in [0.2, 0.25) is 0 Å². The van der Waals surface area contributed by atoms with E-state index in [9.17, 15) is 4.79 Å². The summed E-state index contributed by atoms with van der Waals surface area (Å²) in [6.07, 6.45) is 1.77. The van der Waals surface area contributed by atoms with Crippen LogP contribution in [-0.4, -0.2) is 32.9 Å². The van der Waals surface area contributed by atoms with Gasteiger partial charge in [-0.1, -0.05) is 22.0 Å². The van der Waals surface area contributed by atoms with Crippen molar-refractivity contribution >= 4 is 39.3 Å². The molecule has 2 aromatic rings. The number of ether oxygens (including phenoxy) is 3. The van der Waals surface area contributed by atoms with E-state index < -0.39 is 0 Å². The summed E-state index contributed by atoms with van der Waals surface area (Å²) in [5.74, 6) is 1.35. The summed E-state index contributed by atoms with van der Waals surface area (Å²) in [5.41, 5.74) is 2.58. The van der Waals surface area contributed by atoms with Gasteiger partial charge in [0.15, 0.2) is 11.5 Å². The number of hydrazone groups is 1. The third-order valence-electron chi connectivity index (χ3n) is 4.11. The molecule has 140 valence electrons. The SMILES string of the molecule is COc1cc(/C=C2/C(=O)N(c3cccc(Br)c3)N=C2C)cc(OC)c1OC. The molecule has 0 radical (unpaired) electrons. The zero-order valence-electron chi connectivity index (χ0n) is 15.4. The third kappa shape index (κ3) is 3.68. The Morgan fingerprint density at radius 2 is 1.70 bits per heavy atom. The lowest BCUT2D eigenvalue weighted by Crippen LogP contribution is -2.21. The fourth-order valence-electron chi connectivity index (χ4n) is 2.82. The Morgan fingerprint density at radius 3 is 2.26 bits per heavy atom. The van der Waals surface area contributed by atoms with E-state index in [4.69, 9.17) is 14.2 Å². The molecule has 6 nitrogen and oxygen atoms in total. The Kier molecular flexibility index (Phi) is 5.51. The number of nitrogens with zero attached hydrogens (tertiary/aromatic N) is 2. The standard InChI is InChI=1S/C20H19BrN2O4/c1-12-16(20(24)23(22-12)15-7-5-6-14(21)11-15)8-13-9-17(25-2)19(27-4)18(10-13)26-3/h5-11H,1-4H3/b16-8+. The van der Waals surface area contributed by atoms with E-state index in [1.165, 1.54) is 5.01 Å². The molecule has 2 aromatic carbocycles. The molecule has 1 aliphatic rings. The number of hydrogen-bond donors (Lipinski definition) is 0. The minimum atomic E-state index is -0.195. The van der Waals surface area contributed by atoms with Crippen LogP contribution in [0.3, 0.4) is 0 Å². The molecule has 0 spiro atoms. The predicted molar refractivity (Wildman–Crippen MR) is 109 cm³/mol. The molecule has 1 aliphatic heterocycles. The average molecular weight is 431 g/mol. The van der Waals surface area contributed by atoms with Crippen LogP contribution >= 0.6 is 15.9 Å². The second-order valence-electron chi connectivity index (χ2n) is 5.80. The van der Waals surface area contributed by atoms with E-state index in [1.54, 1.807) is 46.5 Å². The van der Waals surface area contributed by atoms with Gasteiger partial charge in [-0.3, -0.25) is 4.79 Å². The van der Waals surface area contributed by atoms with Gasteiger partial charge in [-0.25, -0.2) is 0 Å². The highest BCUT2D eigenvalue weighted by Crippen LogP contribution is 2.39. The second kappa shape index (κ2) is 7.84. The Hall–Kier alpha value is -2.80. The Morgan fingerprint density at radius 1 is 1.04 bits per heavy atom. The van der Waals surface area contributed by atoms with Crippen molar-refractivity contribution in [3.63, 3.8) is 0 Å². The van der Waals surface area contributed by atoms with Crippen LogP contribution in [-0.2, 0) is 4.79 Å². The van der Waals surface area contributed by atoms with Crippen molar-refractivity contribution in [3.8, 4) is 17.2 Å². The highest BCUT2D eigenvalue weighted by molar-refractivity contribution is 9.10. The number of anilines is 1. The summed E-state index contributed by atoms with van der Waals surface area (Å²) in [6, 6.07) is 11.0. The molecule has 1 amide bonds. The van der Waals surface area contributed by atoms with Crippen LogP contribution in [0.15, 0.2) is 51.5 Å². The predicted octanol–water partition coefficient (Wildman–Crippen LogP) is 4.28. The number of methoxy groups -OCH3 is 3. The largest absolute Gasteiger partial charge is 0.493 e. The lowest BCUT2D eigenvalue weighted by atomic mass is 10.1. The number of rotatable bonds is 5. The normalized spacial score (nSPS) is 15.1. The number of halogens is 1. The topological polar surface area (TPSA) is 60.4 Å². The Bertz CT molecular complexity index is 928. The van der Waals surface area contributed by atoms with Crippen LogP contribution < -0.4 is 19.2 Å². The molecule has 0 saturated heterocycles. The molecule has 0 aromatic heterocycles. The molecule has 3 rings (SSSR count). The van der Waals surface area contributed by atoms with Crippen molar-refractivity contribution in [2.45, 2.75) is 6.92 Å².